The van der Waals surface area contributed by atoms with Gasteiger partial charge in [-0.3, -0.25) is 4.99 Å². The van der Waals surface area contributed by atoms with Gasteiger partial charge >= 0.3 is 0 Å². The molecule has 2 rings (SSSR count). The Hall–Kier alpha value is -1.51. The zero-order valence-electron chi connectivity index (χ0n) is 10.6. The number of aryl methyl sites for hydroxylation is 2. The van der Waals surface area contributed by atoms with Gasteiger partial charge in [-0.25, -0.2) is 0 Å². The lowest BCUT2D eigenvalue weighted by molar-refractivity contribution is 0.476. The van der Waals surface area contributed by atoms with Crippen LogP contribution < -0.4 is 0 Å². The van der Waals surface area contributed by atoms with Crippen LogP contribution in [0.4, 0.5) is 5.69 Å². The molecule has 2 aromatic carbocycles. The second-order valence-corrected chi connectivity index (χ2v) is 5.20. The molecule has 19 heavy (non-hydrogen) atoms. The Morgan fingerprint density at radius 3 is 2.26 bits per heavy atom. The summed E-state index contributed by atoms with van der Waals surface area (Å²) < 4.78 is 0. The van der Waals surface area contributed by atoms with E-state index < -0.39 is 0 Å². The maximum Gasteiger partial charge on any atom is 0.152 e. The first kappa shape index (κ1) is 13.9. The lowest BCUT2D eigenvalue weighted by Gasteiger charge is -2.03. The summed E-state index contributed by atoms with van der Waals surface area (Å²) in [6.07, 6.45) is 1.68. The minimum atomic E-state index is -0.105. The van der Waals surface area contributed by atoms with Gasteiger partial charge < -0.3 is 5.11 Å². The number of nitrogens with zero attached hydrogens (tertiary/aromatic N) is 1. The molecule has 0 amide bonds. The topological polar surface area (TPSA) is 32.6 Å². The highest BCUT2D eigenvalue weighted by atomic mass is 35.5. The van der Waals surface area contributed by atoms with E-state index in [0.717, 1.165) is 16.8 Å². The Kier molecular flexibility index (Phi) is 4.13. The van der Waals surface area contributed by atoms with E-state index in [1.807, 2.05) is 26.0 Å². The van der Waals surface area contributed by atoms with Crippen LogP contribution in [0.15, 0.2) is 35.3 Å². The summed E-state index contributed by atoms with van der Waals surface area (Å²) in [4.78, 5) is 4.41. The van der Waals surface area contributed by atoms with Crippen molar-refractivity contribution in [1.29, 1.82) is 0 Å². The first-order chi connectivity index (χ1) is 8.97. The molecular weight excluding hydrogens is 281 g/mol. The molecule has 4 heteroatoms. The minimum Gasteiger partial charge on any atom is -0.505 e. The van der Waals surface area contributed by atoms with Crippen LogP contribution in [0.25, 0.3) is 0 Å². The molecule has 0 bridgehead atoms. The van der Waals surface area contributed by atoms with Crippen LogP contribution >= 0.6 is 23.2 Å². The van der Waals surface area contributed by atoms with Gasteiger partial charge in [0, 0.05) is 6.21 Å². The molecule has 2 aromatic rings. The summed E-state index contributed by atoms with van der Waals surface area (Å²) in [5.41, 5.74) is 3.94. The molecule has 0 spiro atoms. The molecule has 0 fully saturated rings. The van der Waals surface area contributed by atoms with Gasteiger partial charge in [-0.1, -0.05) is 40.9 Å². The predicted octanol–water partition coefficient (Wildman–Crippen LogP) is 5.07. The molecule has 0 radical (unpaired) electrons. The first-order valence-corrected chi connectivity index (χ1v) is 6.52. The molecule has 0 heterocycles. The molecule has 0 aliphatic rings. The van der Waals surface area contributed by atoms with Crippen molar-refractivity contribution >= 4 is 35.1 Å². The fraction of sp³-hybridized carbons (Fsp3) is 0.133. The monoisotopic (exact) mass is 293 g/mol. The standard InChI is InChI=1S/C15H13Cl2NO/c1-9-3-4-14(10(2)5-9)18-8-11-6-12(16)15(19)13(17)7-11/h3-8,19H,1-2H3. The number of hydrogen-bond acceptors (Lipinski definition) is 2. The Morgan fingerprint density at radius 2 is 1.68 bits per heavy atom. The van der Waals surface area contributed by atoms with E-state index in [1.54, 1.807) is 18.3 Å². The van der Waals surface area contributed by atoms with Crippen LogP contribution in [0.2, 0.25) is 10.0 Å². The van der Waals surface area contributed by atoms with Crippen molar-refractivity contribution in [3.05, 3.63) is 57.1 Å². The molecule has 2 nitrogen and oxygen atoms in total. The highest BCUT2D eigenvalue weighted by Gasteiger charge is 2.05. The summed E-state index contributed by atoms with van der Waals surface area (Å²) in [5.74, 6) is -0.105. The molecule has 98 valence electrons. The number of phenols is 1. The van der Waals surface area contributed by atoms with Crippen LogP contribution in [0.3, 0.4) is 0 Å². The van der Waals surface area contributed by atoms with Gasteiger partial charge in [0.2, 0.25) is 0 Å². The van der Waals surface area contributed by atoms with E-state index in [9.17, 15) is 5.11 Å². The number of benzene rings is 2. The normalized spacial score (nSPS) is 11.2. The number of hydrogen-bond donors (Lipinski definition) is 1. The van der Waals surface area contributed by atoms with Gasteiger partial charge in [0.15, 0.2) is 5.75 Å². The first-order valence-electron chi connectivity index (χ1n) is 5.76. The van der Waals surface area contributed by atoms with Crippen LogP contribution in [0.5, 0.6) is 5.75 Å². The summed E-state index contributed by atoms with van der Waals surface area (Å²) >= 11 is 11.7. The molecule has 0 atom stereocenters. The van der Waals surface area contributed by atoms with E-state index in [-0.39, 0.29) is 15.8 Å². The Labute approximate surface area is 122 Å². The highest BCUT2D eigenvalue weighted by molar-refractivity contribution is 6.37. The zero-order valence-corrected chi connectivity index (χ0v) is 12.1. The summed E-state index contributed by atoms with van der Waals surface area (Å²) in [6, 6.07) is 9.29. The third-order valence-electron chi connectivity index (χ3n) is 2.74. The van der Waals surface area contributed by atoms with Crippen molar-refractivity contribution in [2.24, 2.45) is 4.99 Å². The summed E-state index contributed by atoms with van der Waals surface area (Å²) in [6.45, 7) is 4.05. The largest absolute Gasteiger partial charge is 0.505 e. The average molecular weight is 294 g/mol. The minimum absolute atomic E-state index is 0.105. The maximum absolute atomic E-state index is 9.48. The lowest BCUT2D eigenvalue weighted by atomic mass is 10.1. The van der Waals surface area contributed by atoms with E-state index in [0.29, 0.717) is 0 Å². The van der Waals surface area contributed by atoms with E-state index in [4.69, 9.17) is 23.2 Å². The van der Waals surface area contributed by atoms with Crippen LogP contribution in [0.1, 0.15) is 16.7 Å². The molecule has 0 aromatic heterocycles. The average Bonchev–Trinajstić information content (AvgIpc) is 2.34. The second kappa shape index (κ2) is 5.64. The Bertz CT molecular complexity index is 628. The molecule has 0 aliphatic heterocycles. The highest BCUT2D eigenvalue weighted by Crippen LogP contribution is 2.32. The molecule has 0 aliphatic carbocycles. The van der Waals surface area contributed by atoms with Gasteiger partial charge in [0.25, 0.3) is 0 Å². The van der Waals surface area contributed by atoms with E-state index in [2.05, 4.69) is 11.1 Å². The fourth-order valence-corrected chi connectivity index (χ4v) is 2.26. The van der Waals surface area contributed by atoms with Crippen molar-refractivity contribution in [1.82, 2.24) is 0 Å². The zero-order chi connectivity index (χ0) is 14.0. The molecule has 0 saturated heterocycles. The number of aromatic hydroxyl groups is 1. The summed E-state index contributed by atoms with van der Waals surface area (Å²) in [7, 11) is 0. The molecule has 0 unspecified atom stereocenters. The third kappa shape index (κ3) is 3.28. The summed E-state index contributed by atoms with van der Waals surface area (Å²) in [5, 5.41) is 9.92. The molecular formula is C15H13Cl2NO. The number of halogens is 2. The molecule has 1 N–H and O–H groups in total. The van der Waals surface area contributed by atoms with Crippen LogP contribution in [-0.4, -0.2) is 11.3 Å². The lowest BCUT2D eigenvalue weighted by Crippen LogP contribution is -1.84. The van der Waals surface area contributed by atoms with E-state index in [1.165, 1.54) is 5.56 Å². The smallest absolute Gasteiger partial charge is 0.152 e. The number of aliphatic imine (C=N–C) groups is 1. The van der Waals surface area contributed by atoms with Crippen molar-refractivity contribution in [3.8, 4) is 5.75 Å². The van der Waals surface area contributed by atoms with Gasteiger partial charge in [0.05, 0.1) is 15.7 Å². The third-order valence-corrected chi connectivity index (χ3v) is 3.32. The molecule has 0 saturated carbocycles. The van der Waals surface area contributed by atoms with Gasteiger partial charge in [0.1, 0.15) is 0 Å². The van der Waals surface area contributed by atoms with Crippen molar-refractivity contribution in [3.63, 3.8) is 0 Å². The van der Waals surface area contributed by atoms with Gasteiger partial charge in [-0.05, 0) is 43.2 Å². The second-order valence-electron chi connectivity index (χ2n) is 4.38. The number of rotatable bonds is 2. The number of phenolic OH excluding ortho intramolecular Hbond substituents is 1. The maximum atomic E-state index is 9.48. The van der Waals surface area contributed by atoms with Crippen molar-refractivity contribution in [2.75, 3.05) is 0 Å². The Morgan fingerprint density at radius 1 is 1.05 bits per heavy atom. The fourth-order valence-electron chi connectivity index (χ4n) is 1.75. The quantitative estimate of drug-likeness (QED) is 0.771. The predicted molar refractivity (Wildman–Crippen MR) is 81.3 cm³/mol. The van der Waals surface area contributed by atoms with E-state index >= 15 is 0 Å². The van der Waals surface area contributed by atoms with Crippen LogP contribution in [0, 0.1) is 13.8 Å². The SMILES string of the molecule is Cc1ccc(N=Cc2cc(Cl)c(O)c(Cl)c2)c(C)c1. The Balaban J connectivity index is 2.32. The van der Waals surface area contributed by atoms with Crippen molar-refractivity contribution in [2.45, 2.75) is 13.8 Å². The van der Waals surface area contributed by atoms with Crippen LogP contribution in [-0.2, 0) is 0 Å². The van der Waals surface area contributed by atoms with Gasteiger partial charge in [-0.2, -0.15) is 0 Å². The van der Waals surface area contributed by atoms with Crippen molar-refractivity contribution < 1.29 is 5.11 Å². The van der Waals surface area contributed by atoms with Gasteiger partial charge in [-0.15, -0.1) is 0 Å².